The predicted molar refractivity (Wildman–Crippen MR) is 309 cm³/mol. The van der Waals surface area contributed by atoms with Gasteiger partial charge in [-0.2, -0.15) is 0 Å². The molecule has 0 fully saturated rings. The third-order valence-corrected chi connectivity index (χ3v) is 13.5. The monoisotopic (exact) mass is 932 g/mol. The van der Waals surface area contributed by atoms with Gasteiger partial charge in [0.15, 0.2) is 0 Å². The van der Waals surface area contributed by atoms with Crippen molar-refractivity contribution in [3.8, 4) is 44.5 Å². The molecule has 2 nitrogen and oxygen atoms in total. The Morgan fingerprint density at radius 1 is 0.278 bits per heavy atom. The van der Waals surface area contributed by atoms with Crippen LogP contribution in [-0.4, -0.2) is 0 Å². The van der Waals surface area contributed by atoms with Crippen LogP contribution in [0.5, 0.6) is 0 Å². The van der Waals surface area contributed by atoms with E-state index in [2.05, 4.69) is 48.5 Å². The molecule has 344 valence electrons. The molecular weight excluding hydrogens is 869 g/mol. The molecule has 0 bridgehead atoms. The molecule has 0 aliphatic heterocycles. The zero-order valence-electron chi connectivity index (χ0n) is 50.4. The second-order valence-corrected chi connectivity index (χ2v) is 18.4. The Balaban J connectivity index is 1.22. The van der Waals surface area contributed by atoms with Gasteiger partial charge in [-0.1, -0.05) is 205 Å². The zero-order valence-corrected chi connectivity index (χ0v) is 40.4. The van der Waals surface area contributed by atoms with Gasteiger partial charge in [-0.15, -0.1) is 0 Å². The van der Waals surface area contributed by atoms with E-state index in [1.807, 2.05) is 183 Å². The standard InChI is InChI=1S/C70H54N2/c1-47-35-37-67(49(3)39-47)71(59-29-17-27-57(43-59)55-25-15-23-53(41-55)51-19-7-5-8-20-51)69-45-65-62-32-12-14-34-64(62)70(46-66(65)61-31-11-13-33-63(61)69)72(68-38-36-48(2)40-50(68)4)60-30-18-28-58(44-60)56-26-16-24-54(42-56)52-21-9-6-10-22-52/h5-46H,1-4H3/i11D,12D,13D,14D,31D,32D,33D,34D,45D,46D. The van der Waals surface area contributed by atoms with Crippen LogP contribution >= 0.6 is 0 Å². The van der Waals surface area contributed by atoms with E-state index >= 15 is 0 Å². The molecule has 2 heteroatoms. The molecule has 0 spiro atoms. The summed E-state index contributed by atoms with van der Waals surface area (Å²) in [5.74, 6) is 0. The van der Waals surface area contributed by atoms with Crippen LogP contribution < -0.4 is 9.80 Å². The van der Waals surface area contributed by atoms with Crippen LogP contribution in [0, 0.1) is 27.7 Å². The number of fused-ring (bicyclic) bond motifs is 5. The fraction of sp³-hybridized carbons (Fsp3) is 0.0571. The van der Waals surface area contributed by atoms with Crippen molar-refractivity contribution in [2.24, 2.45) is 0 Å². The van der Waals surface area contributed by atoms with E-state index in [1.165, 1.54) is 0 Å². The molecule has 12 aromatic rings. The van der Waals surface area contributed by atoms with Crippen molar-refractivity contribution in [3.05, 3.63) is 277 Å². The van der Waals surface area contributed by atoms with E-state index < -0.39 is 48.3 Å². The van der Waals surface area contributed by atoms with Crippen molar-refractivity contribution in [2.45, 2.75) is 27.7 Å². The maximum absolute atomic E-state index is 10.8. The van der Waals surface area contributed by atoms with E-state index in [-0.39, 0.29) is 55.8 Å². The Bertz CT molecular complexity index is 4290. The lowest BCUT2D eigenvalue weighted by Gasteiger charge is -2.31. The van der Waals surface area contributed by atoms with E-state index in [4.69, 9.17) is 0 Å². The summed E-state index contributed by atoms with van der Waals surface area (Å²) in [6.45, 7) is 7.85. The Kier molecular flexibility index (Phi) is 8.94. The van der Waals surface area contributed by atoms with E-state index in [0.717, 1.165) is 66.8 Å². The van der Waals surface area contributed by atoms with Gasteiger partial charge in [-0.3, -0.25) is 0 Å². The second kappa shape index (κ2) is 18.7. The number of hydrogen-bond acceptors (Lipinski definition) is 2. The van der Waals surface area contributed by atoms with Gasteiger partial charge < -0.3 is 9.80 Å². The molecule has 0 atom stereocenters. The Morgan fingerprint density at radius 3 is 1.00 bits per heavy atom. The number of nitrogens with zero attached hydrogens (tertiary/aromatic N) is 2. The van der Waals surface area contributed by atoms with Crippen LogP contribution in [0.25, 0.3) is 76.8 Å². The van der Waals surface area contributed by atoms with Crippen molar-refractivity contribution in [2.75, 3.05) is 9.80 Å². The van der Waals surface area contributed by atoms with Gasteiger partial charge >= 0.3 is 0 Å². The number of anilines is 6. The van der Waals surface area contributed by atoms with Crippen LogP contribution in [0.2, 0.25) is 0 Å². The average molecular weight is 933 g/mol. The van der Waals surface area contributed by atoms with Gasteiger partial charge in [0.25, 0.3) is 0 Å². The largest absolute Gasteiger partial charge is 0.310 e. The van der Waals surface area contributed by atoms with Crippen LogP contribution in [-0.2, 0) is 0 Å². The van der Waals surface area contributed by atoms with Crippen molar-refractivity contribution < 1.29 is 13.7 Å². The summed E-state index contributed by atoms with van der Waals surface area (Å²) < 4.78 is 98.6. The summed E-state index contributed by atoms with van der Waals surface area (Å²) in [6, 6.07) is 59.3. The molecule has 0 saturated heterocycles. The lowest BCUT2D eigenvalue weighted by Crippen LogP contribution is -2.13. The van der Waals surface area contributed by atoms with E-state index in [0.29, 0.717) is 22.7 Å². The molecular formula is C70H54N2. The number of hydrogen-bond donors (Lipinski definition) is 0. The van der Waals surface area contributed by atoms with E-state index in [1.54, 1.807) is 0 Å². The Morgan fingerprint density at radius 2 is 0.611 bits per heavy atom. The third kappa shape index (κ3) is 8.27. The molecule has 0 radical (unpaired) electrons. The van der Waals surface area contributed by atoms with Gasteiger partial charge in [0, 0.05) is 33.5 Å². The minimum absolute atomic E-state index is 0.0297. The van der Waals surface area contributed by atoms with Crippen molar-refractivity contribution in [1.29, 1.82) is 0 Å². The highest BCUT2D eigenvalue weighted by Gasteiger charge is 2.24. The predicted octanol–water partition coefficient (Wildman–Crippen LogP) is 20.0. The highest BCUT2D eigenvalue weighted by Crippen LogP contribution is 2.49. The fourth-order valence-electron chi connectivity index (χ4n) is 10.1. The van der Waals surface area contributed by atoms with Gasteiger partial charge in [0.1, 0.15) is 0 Å². The number of aryl methyl sites for hydroxylation is 4. The summed E-state index contributed by atoms with van der Waals surface area (Å²) >= 11 is 0. The van der Waals surface area contributed by atoms with Gasteiger partial charge in [0.05, 0.1) is 25.1 Å². The van der Waals surface area contributed by atoms with Crippen LogP contribution in [0.1, 0.15) is 36.0 Å². The first-order chi connectivity index (χ1) is 39.5. The average Bonchev–Trinajstić information content (AvgIpc) is 0.995. The minimum atomic E-state index is -0.562. The molecule has 0 saturated carbocycles. The molecule has 0 heterocycles. The SMILES string of the molecule is [2H]c1c([2H])c([2H])c2c(c1[2H])c(N(c1cccc(-c3cccc(-c4ccccc4)c3)c1)c1ccc(C)cc1C)c([2H])c1c3c([2H])c([2H])c([2H])c([2H])c3c(N(c3cccc(-c4cccc(-c5ccccc5)c4)c3)c3ccc(C)cc3C)c([2H])c21. The van der Waals surface area contributed by atoms with Crippen molar-refractivity contribution in [3.63, 3.8) is 0 Å². The first kappa shape index (κ1) is 34.3. The van der Waals surface area contributed by atoms with Gasteiger partial charge in [-0.05, 0) is 165 Å². The van der Waals surface area contributed by atoms with Crippen molar-refractivity contribution in [1.82, 2.24) is 0 Å². The zero-order chi connectivity index (χ0) is 57.4. The van der Waals surface area contributed by atoms with Crippen LogP contribution in [0.4, 0.5) is 34.1 Å². The summed E-state index contributed by atoms with van der Waals surface area (Å²) in [5, 5.41) is -0.313. The molecule has 0 aliphatic carbocycles. The third-order valence-electron chi connectivity index (χ3n) is 13.5. The topological polar surface area (TPSA) is 6.48 Å². The lowest BCUT2D eigenvalue weighted by atomic mass is 9.92. The highest BCUT2D eigenvalue weighted by atomic mass is 15.2. The number of benzene rings is 12. The first-order valence-electron chi connectivity index (χ1n) is 29.2. The molecule has 0 N–H and O–H groups in total. The van der Waals surface area contributed by atoms with Crippen LogP contribution in [0.15, 0.2) is 255 Å². The van der Waals surface area contributed by atoms with Crippen LogP contribution in [0.3, 0.4) is 0 Å². The lowest BCUT2D eigenvalue weighted by molar-refractivity contribution is 1.25. The summed E-state index contributed by atoms with van der Waals surface area (Å²) in [6.07, 6.45) is 0. The maximum atomic E-state index is 10.8. The first-order valence-corrected chi connectivity index (χ1v) is 24.2. The summed E-state index contributed by atoms with van der Waals surface area (Å²) in [5.41, 5.74) is 13.6. The van der Waals surface area contributed by atoms with E-state index in [9.17, 15) is 13.7 Å². The normalized spacial score (nSPS) is 13.3. The van der Waals surface area contributed by atoms with Crippen molar-refractivity contribution >= 4 is 66.4 Å². The molecule has 0 aliphatic rings. The molecule has 0 aromatic heterocycles. The fourth-order valence-corrected chi connectivity index (χ4v) is 10.1. The smallest absolute Gasteiger partial charge is 0.0652 e. The quantitative estimate of drug-likeness (QED) is 0.126. The molecule has 0 unspecified atom stereocenters. The number of rotatable bonds is 10. The van der Waals surface area contributed by atoms with Gasteiger partial charge in [-0.25, -0.2) is 0 Å². The molecule has 72 heavy (non-hydrogen) atoms. The molecule has 0 amide bonds. The molecule has 12 aromatic carbocycles. The van der Waals surface area contributed by atoms with Gasteiger partial charge in [0.2, 0.25) is 0 Å². The molecule has 12 rings (SSSR count). The second-order valence-electron chi connectivity index (χ2n) is 18.4. The Hall–Kier alpha value is -8.98. The summed E-state index contributed by atoms with van der Waals surface area (Å²) in [7, 11) is 0. The summed E-state index contributed by atoms with van der Waals surface area (Å²) in [4.78, 5) is 3.67. The Labute approximate surface area is 437 Å². The maximum Gasteiger partial charge on any atom is 0.0652 e. The minimum Gasteiger partial charge on any atom is -0.310 e. The highest BCUT2D eigenvalue weighted by molar-refractivity contribution is 6.24.